The maximum absolute atomic E-state index is 12.2. The number of aryl methyl sites for hydroxylation is 1. The van der Waals surface area contributed by atoms with E-state index < -0.39 is 23.8 Å². The van der Waals surface area contributed by atoms with Crippen molar-refractivity contribution in [3.05, 3.63) is 64.4 Å². The van der Waals surface area contributed by atoms with Gasteiger partial charge in [0, 0.05) is 28.0 Å². The van der Waals surface area contributed by atoms with Gasteiger partial charge in [0.05, 0.1) is 0 Å². The summed E-state index contributed by atoms with van der Waals surface area (Å²) in [6.45, 7) is 5.63. The third-order valence-corrected chi connectivity index (χ3v) is 4.27. The van der Waals surface area contributed by atoms with Crippen molar-refractivity contribution < 1.29 is 14.6 Å². The lowest BCUT2D eigenvalue weighted by Gasteiger charge is -2.26. The summed E-state index contributed by atoms with van der Waals surface area (Å²) in [5.41, 5.74) is 1.32. The van der Waals surface area contributed by atoms with Gasteiger partial charge in [0.15, 0.2) is 0 Å². The van der Waals surface area contributed by atoms with Crippen molar-refractivity contribution in [1.29, 1.82) is 0 Å². The minimum absolute atomic E-state index is 0.410. The molecule has 1 aromatic carbocycles. The second-order valence-electron chi connectivity index (χ2n) is 7.22. The number of carbonyl (C=O) groups excluding carboxylic acids is 1. The van der Waals surface area contributed by atoms with Gasteiger partial charge >= 0.3 is 6.09 Å². The van der Waals surface area contributed by atoms with Crippen LogP contribution in [0, 0.1) is 0 Å². The number of hydrogen-bond donors (Lipinski definition) is 2. The first kappa shape index (κ1) is 20.4. The molecule has 1 aromatic heterocycles. The lowest BCUT2D eigenvalue weighted by atomic mass is 9.99. The van der Waals surface area contributed by atoms with Gasteiger partial charge in [0.1, 0.15) is 12.2 Å². The predicted octanol–water partition coefficient (Wildman–Crippen LogP) is 4.40. The van der Waals surface area contributed by atoms with Crippen LogP contribution in [0.25, 0.3) is 0 Å². The Morgan fingerprint density at radius 3 is 2.54 bits per heavy atom. The highest BCUT2D eigenvalue weighted by molar-refractivity contribution is 9.10. The summed E-state index contributed by atoms with van der Waals surface area (Å²) >= 11 is 3.42. The molecule has 0 fully saturated rings. The minimum atomic E-state index is -0.940. The molecule has 26 heavy (non-hydrogen) atoms. The summed E-state index contributed by atoms with van der Waals surface area (Å²) in [6, 6.07) is 11.5. The Morgan fingerprint density at radius 1 is 1.27 bits per heavy atom. The Kier molecular flexibility index (Phi) is 7.17. The Bertz CT molecular complexity index is 699. The molecule has 0 saturated heterocycles. The number of carbonyl (C=O) groups is 1. The maximum Gasteiger partial charge on any atom is 0.407 e. The van der Waals surface area contributed by atoms with Crippen LogP contribution >= 0.6 is 15.9 Å². The average molecular weight is 421 g/mol. The quantitative estimate of drug-likeness (QED) is 0.725. The Balaban J connectivity index is 2.09. The zero-order valence-corrected chi connectivity index (χ0v) is 16.9. The summed E-state index contributed by atoms with van der Waals surface area (Å²) in [6.07, 6.45) is 2.24. The molecule has 0 aliphatic heterocycles. The van der Waals surface area contributed by atoms with Gasteiger partial charge in [-0.3, -0.25) is 4.98 Å². The molecule has 0 spiro atoms. The van der Waals surface area contributed by atoms with E-state index in [0.29, 0.717) is 18.4 Å². The van der Waals surface area contributed by atoms with Crippen molar-refractivity contribution in [3.63, 3.8) is 0 Å². The Hall–Kier alpha value is -1.92. The predicted molar refractivity (Wildman–Crippen MR) is 105 cm³/mol. The number of nitrogens with one attached hydrogen (secondary N) is 1. The van der Waals surface area contributed by atoms with Gasteiger partial charge in [-0.25, -0.2) is 4.79 Å². The van der Waals surface area contributed by atoms with Crippen LogP contribution in [0.5, 0.6) is 0 Å². The molecule has 6 heteroatoms. The number of alkyl carbamates (subject to hydrolysis) is 1. The van der Waals surface area contributed by atoms with E-state index in [9.17, 15) is 9.90 Å². The van der Waals surface area contributed by atoms with E-state index in [0.717, 1.165) is 10.0 Å². The van der Waals surface area contributed by atoms with Gasteiger partial charge in [0.2, 0.25) is 0 Å². The van der Waals surface area contributed by atoms with Crippen LogP contribution in [0.4, 0.5) is 4.79 Å². The highest BCUT2D eigenvalue weighted by Gasteiger charge is 2.26. The number of aliphatic hydroxyl groups is 1. The van der Waals surface area contributed by atoms with Crippen molar-refractivity contribution in [2.24, 2.45) is 0 Å². The number of hydrogen-bond acceptors (Lipinski definition) is 4. The topological polar surface area (TPSA) is 71.5 Å². The van der Waals surface area contributed by atoms with Gasteiger partial charge in [-0.15, -0.1) is 0 Å². The number of ether oxygens (including phenoxy) is 1. The molecule has 2 aromatic rings. The van der Waals surface area contributed by atoms with Crippen LogP contribution in [0.3, 0.4) is 0 Å². The Morgan fingerprint density at radius 2 is 1.96 bits per heavy atom. The van der Waals surface area contributed by atoms with Crippen LogP contribution in [0.15, 0.2) is 53.3 Å². The van der Waals surface area contributed by atoms with Crippen molar-refractivity contribution in [3.8, 4) is 0 Å². The molecule has 0 radical (unpaired) electrons. The lowest BCUT2D eigenvalue weighted by Crippen LogP contribution is -2.43. The molecule has 5 nitrogen and oxygen atoms in total. The summed E-state index contributed by atoms with van der Waals surface area (Å²) in [4.78, 5) is 16.2. The normalized spacial score (nSPS) is 13.7. The lowest BCUT2D eigenvalue weighted by molar-refractivity contribution is -0.00494. The largest absolute Gasteiger partial charge is 0.443 e. The molecular formula is C20H25BrN2O3. The zero-order chi connectivity index (χ0) is 19.2. The first-order valence-corrected chi connectivity index (χ1v) is 9.35. The molecule has 0 saturated carbocycles. The molecule has 0 aliphatic rings. The van der Waals surface area contributed by atoms with Gasteiger partial charge in [-0.1, -0.05) is 34.1 Å². The molecule has 0 aliphatic carbocycles. The van der Waals surface area contributed by atoms with Crippen LogP contribution in [0.2, 0.25) is 0 Å². The Labute approximate surface area is 162 Å². The third-order valence-electron chi connectivity index (χ3n) is 3.74. The van der Waals surface area contributed by atoms with Crippen molar-refractivity contribution in [2.45, 2.75) is 51.4 Å². The van der Waals surface area contributed by atoms with Crippen molar-refractivity contribution in [1.82, 2.24) is 10.3 Å². The second kappa shape index (κ2) is 9.14. The molecule has 2 N–H and O–H groups in total. The van der Waals surface area contributed by atoms with Crippen molar-refractivity contribution in [2.75, 3.05) is 0 Å². The second-order valence-corrected chi connectivity index (χ2v) is 8.13. The number of rotatable bonds is 6. The van der Waals surface area contributed by atoms with Crippen LogP contribution in [-0.4, -0.2) is 27.8 Å². The van der Waals surface area contributed by atoms with Gasteiger partial charge < -0.3 is 15.2 Å². The number of nitrogens with zero attached hydrogens (tertiary/aromatic N) is 1. The molecule has 1 amide bonds. The summed E-state index contributed by atoms with van der Waals surface area (Å²) < 4.78 is 6.56. The standard InChI is InChI=1S/C20H25BrN2O3/c1-20(2,3)23-19(25)26-17(18(24)15-5-4-12-22-13-15)11-8-14-6-9-16(21)10-7-14/h4-7,9-10,12-13,17-18,24H,8,11H2,1-3H3,(H,23,25)/t17?,18-/m1/s1. The van der Waals surface area contributed by atoms with Gasteiger partial charge in [0.25, 0.3) is 0 Å². The number of halogens is 1. The van der Waals surface area contributed by atoms with E-state index in [1.807, 2.05) is 45.0 Å². The van der Waals surface area contributed by atoms with E-state index >= 15 is 0 Å². The SMILES string of the molecule is CC(C)(C)NC(=O)OC(CCc1ccc(Br)cc1)[C@H](O)c1cccnc1. The number of aliphatic hydroxyl groups excluding tert-OH is 1. The van der Waals surface area contributed by atoms with E-state index in [1.165, 1.54) is 0 Å². The molecule has 0 bridgehead atoms. The first-order chi connectivity index (χ1) is 12.2. The van der Waals surface area contributed by atoms with Crippen molar-refractivity contribution >= 4 is 22.0 Å². The van der Waals surface area contributed by atoms with E-state index in [-0.39, 0.29) is 0 Å². The molecule has 2 rings (SSSR count). The molecule has 2 atom stereocenters. The van der Waals surface area contributed by atoms with Crippen LogP contribution in [-0.2, 0) is 11.2 Å². The highest BCUT2D eigenvalue weighted by atomic mass is 79.9. The van der Waals surface area contributed by atoms with Crippen LogP contribution < -0.4 is 5.32 Å². The summed E-state index contributed by atoms with van der Waals surface area (Å²) in [5, 5.41) is 13.5. The van der Waals surface area contributed by atoms with Gasteiger partial charge in [-0.2, -0.15) is 0 Å². The zero-order valence-electron chi connectivity index (χ0n) is 15.3. The number of pyridine rings is 1. The smallest absolute Gasteiger partial charge is 0.407 e. The first-order valence-electron chi connectivity index (χ1n) is 8.56. The van der Waals surface area contributed by atoms with Gasteiger partial charge in [-0.05, 0) is 57.4 Å². The molecule has 1 unspecified atom stereocenters. The molecule has 140 valence electrons. The summed E-state index contributed by atoms with van der Waals surface area (Å²) in [7, 11) is 0. The number of benzene rings is 1. The third kappa shape index (κ3) is 6.77. The maximum atomic E-state index is 12.2. The average Bonchev–Trinajstić information content (AvgIpc) is 2.58. The summed E-state index contributed by atoms with van der Waals surface area (Å²) in [5.74, 6) is 0. The fourth-order valence-corrected chi connectivity index (χ4v) is 2.74. The number of amides is 1. The number of aromatic nitrogens is 1. The highest BCUT2D eigenvalue weighted by Crippen LogP contribution is 2.23. The van der Waals surface area contributed by atoms with E-state index in [4.69, 9.17) is 4.74 Å². The monoisotopic (exact) mass is 420 g/mol. The minimum Gasteiger partial charge on any atom is -0.443 e. The fraction of sp³-hybridized carbons (Fsp3) is 0.400. The molecule has 1 heterocycles. The van der Waals surface area contributed by atoms with E-state index in [2.05, 4.69) is 26.2 Å². The van der Waals surface area contributed by atoms with Crippen LogP contribution in [0.1, 0.15) is 44.4 Å². The molecular weight excluding hydrogens is 396 g/mol. The fourth-order valence-electron chi connectivity index (χ4n) is 2.48. The van der Waals surface area contributed by atoms with E-state index in [1.54, 1.807) is 24.5 Å².